The second kappa shape index (κ2) is 7.47. The number of nitrogens with zero attached hydrogens (tertiary/aromatic N) is 5. The van der Waals surface area contributed by atoms with E-state index in [1.54, 1.807) is 0 Å². The third kappa shape index (κ3) is 3.82. The molecule has 3 aromatic rings. The van der Waals surface area contributed by atoms with E-state index in [0.717, 1.165) is 45.6 Å². The van der Waals surface area contributed by atoms with Crippen molar-refractivity contribution in [2.45, 2.75) is 19.0 Å². The van der Waals surface area contributed by atoms with Gasteiger partial charge in [0.2, 0.25) is 0 Å². The summed E-state index contributed by atoms with van der Waals surface area (Å²) in [5, 5.41) is 9.92. The Hall–Kier alpha value is -2.95. The third-order valence-corrected chi connectivity index (χ3v) is 5.21. The molecule has 2 aromatic heterocycles. The number of anilines is 2. The third-order valence-electron chi connectivity index (χ3n) is 4.47. The molecule has 0 bridgehead atoms. The van der Waals surface area contributed by atoms with E-state index in [4.69, 9.17) is 0 Å². The Kier molecular flexibility index (Phi) is 4.99. The van der Waals surface area contributed by atoms with Crippen LogP contribution in [0.25, 0.3) is 5.82 Å². The van der Waals surface area contributed by atoms with Crippen LogP contribution in [0.15, 0.2) is 47.3 Å². The van der Waals surface area contributed by atoms with Crippen LogP contribution in [-0.4, -0.2) is 32.6 Å². The Morgan fingerprint density at radius 2 is 1.97 bits per heavy atom. The molecule has 1 N–H and O–H groups in total. The van der Waals surface area contributed by atoms with Crippen LogP contribution < -0.4 is 10.2 Å². The van der Waals surface area contributed by atoms with Gasteiger partial charge in [0.05, 0.1) is 24.3 Å². The number of amides is 2. The molecular formula is C18H14BrF3N6O. The van der Waals surface area contributed by atoms with E-state index in [0.29, 0.717) is 6.54 Å². The first-order chi connectivity index (χ1) is 13.8. The molecule has 0 aliphatic carbocycles. The lowest BCUT2D eigenvalue weighted by molar-refractivity contribution is -0.137. The maximum atomic E-state index is 13.5. The standard InChI is InChI=1S/C18H14BrF3N6O/c19-14-4-1-5-15-12(14)3-2-8-27(15)17(29)26-11-9-13(18(20,21)22)16(23-10-11)28-24-6-7-25-28/h1,4-7,9-10H,2-3,8H2,(H,26,29). The van der Waals surface area contributed by atoms with Crippen molar-refractivity contribution < 1.29 is 18.0 Å². The van der Waals surface area contributed by atoms with E-state index < -0.39 is 23.6 Å². The highest BCUT2D eigenvalue weighted by molar-refractivity contribution is 9.10. The second-order valence-electron chi connectivity index (χ2n) is 6.33. The van der Waals surface area contributed by atoms with Crippen molar-refractivity contribution in [3.05, 3.63) is 58.5 Å². The average Bonchev–Trinajstić information content (AvgIpc) is 3.22. The number of pyridine rings is 1. The number of alkyl halides is 3. The van der Waals surface area contributed by atoms with Gasteiger partial charge in [-0.05, 0) is 36.6 Å². The number of halogens is 4. The topological polar surface area (TPSA) is 75.9 Å². The molecule has 0 saturated heterocycles. The summed E-state index contributed by atoms with van der Waals surface area (Å²) >= 11 is 3.48. The Bertz CT molecular complexity index is 1050. The molecule has 1 aromatic carbocycles. The quantitative estimate of drug-likeness (QED) is 0.606. The fourth-order valence-electron chi connectivity index (χ4n) is 3.20. The summed E-state index contributed by atoms with van der Waals surface area (Å²) in [5.74, 6) is -0.465. The summed E-state index contributed by atoms with van der Waals surface area (Å²) in [6.45, 7) is 0.462. The lowest BCUT2D eigenvalue weighted by Crippen LogP contribution is -2.38. The lowest BCUT2D eigenvalue weighted by atomic mass is 10.0. The summed E-state index contributed by atoms with van der Waals surface area (Å²) < 4.78 is 41.4. The summed E-state index contributed by atoms with van der Waals surface area (Å²) in [6.07, 6.45) is 0.522. The molecule has 2 amide bonds. The normalized spacial score (nSPS) is 13.9. The molecule has 29 heavy (non-hydrogen) atoms. The number of hydrogen-bond acceptors (Lipinski definition) is 4. The largest absolute Gasteiger partial charge is 0.420 e. The number of nitrogens with one attached hydrogen (secondary N) is 1. The zero-order chi connectivity index (χ0) is 20.6. The fourth-order valence-corrected chi connectivity index (χ4v) is 3.76. The van der Waals surface area contributed by atoms with E-state index in [2.05, 4.69) is 36.4 Å². The van der Waals surface area contributed by atoms with Crippen molar-refractivity contribution in [3.63, 3.8) is 0 Å². The molecule has 0 fully saturated rings. The number of urea groups is 1. The Labute approximate surface area is 171 Å². The van der Waals surface area contributed by atoms with E-state index >= 15 is 0 Å². The number of benzene rings is 1. The second-order valence-corrected chi connectivity index (χ2v) is 7.19. The number of rotatable bonds is 2. The Morgan fingerprint density at radius 3 is 2.69 bits per heavy atom. The maximum Gasteiger partial charge on any atom is 0.420 e. The Balaban J connectivity index is 1.64. The van der Waals surface area contributed by atoms with Gasteiger partial charge in [-0.1, -0.05) is 22.0 Å². The van der Waals surface area contributed by atoms with Crippen molar-refractivity contribution in [2.24, 2.45) is 0 Å². The zero-order valence-electron chi connectivity index (χ0n) is 14.8. The number of fused-ring (bicyclic) bond motifs is 1. The summed E-state index contributed by atoms with van der Waals surface area (Å²) in [5.41, 5.74) is 0.598. The SMILES string of the molecule is O=C(Nc1cnc(-n2nccn2)c(C(F)(F)F)c1)N1CCCc2c(Br)cccc21. The van der Waals surface area contributed by atoms with Gasteiger partial charge in [-0.15, -0.1) is 4.80 Å². The first kappa shape index (κ1) is 19.4. The molecule has 0 spiro atoms. The van der Waals surface area contributed by atoms with Crippen LogP contribution in [0.5, 0.6) is 0 Å². The summed E-state index contributed by atoms with van der Waals surface area (Å²) in [4.78, 5) is 18.9. The van der Waals surface area contributed by atoms with Gasteiger partial charge in [0.1, 0.15) is 5.56 Å². The first-order valence-corrected chi connectivity index (χ1v) is 9.44. The molecule has 3 heterocycles. The number of aromatic nitrogens is 4. The summed E-state index contributed by atoms with van der Waals surface area (Å²) in [6, 6.07) is 5.81. The molecule has 1 aliphatic heterocycles. The molecule has 7 nitrogen and oxygen atoms in total. The van der Waals surface area contributed by atoms with Crippen molar-refractivity contribution in [1.29, 1.82) is 0 Å². The lowest BCUT2D eigenvalue weighted by Gasteiger charge is -2.30. The average molecular weight is 467 g/mol. The van der Waals surface area contributed by atoms with Crippen LogP contribution in [0.1, 0.15) is 17.5 Å². The molecule has 0 radical (unpaired) electrons. The summed E-state index contributed by atoms with van der Waals surface area (Å²) in [7, 11) is 0. The van der Waals surface area contributed by atoms with E-state index in [1.807, 2.05) is 18.2 Å². The maximum absolute atomic E-state index is 13.5. The predicted molar refractivity (Wildman–Crippen MR) is 103 cm³/mol. The van der Waals surface area contributed by atoms with Crippen LogP contribution in [0, 0.1) is 0 Å². The minimum atomic E-state index is -4.70. The molecule has 150 valence electrons. The molecule has 0 unspecified atom stereocenters. The molecule has 0 saturated carbocycles. The minimum absolute atomic E-state index is 0.0691. The van der Waals surface area contributed by atoms with Gasteiger partial charge in [0, 0.05) is 16.7 Å². The van der Waals surface area contributed by atoms with Crippen LogP contribution in [-0.2, 0) is 12.6 Å². The van der Waals surface area contributed by atoms with E-state index in [9.17, 15) is 18.0 Å². The van der Waals surface area contributed by atoms with E-state index in [1.165, 1.54) is 17.3 Å². The van der Waals surface area contributed by atoms with Crippen molar-refractivity contribution in [2.75, 3.05) is 16.8 Å². The van der Waals surface area contributed by atoms with Crippen molar-refractivity contribution in [1.82, 2.24) is 20.0 Å². The van der Waals surface area contributed by atoms with Crippen LogP contribution in [0.4, 0.5) is 29.3 Å². The molecule has 4 rings (SSSR count). The Morgan fingerprint density at radius 1 is 1.21 bits per heavy atom. The molecule has 0 atom stereocenters. The van der Waals surface area contributed by atoms with Gasteiger partial charge in [0.25, 0.3) is 0 Å². The van der Waals surface area contributed by atoms with Crippen LogP contribution in [0.2, 0.25) is 0 Å². The smallest absolute Gasteiger partial charge is 0.306 e. The van der Waals surface area contributed by atoms with E-state index in [-0.39, 0.29) is 5.69 Å². The van der Waals surface area contributed by atoms with Gasteiger partial charge in [-0.3, -0.25) is 4.90 Å². The minimum Gasteiger partial charge on any atom is -0.306 e. The van der Waals surface area contributed by atoms with Crippen molar-refractivity contribution >= 4 is 33.3 Å². The first-order valence-electron chi connectivity index (χ1n) is 8.64. The molecule has 1 aliphatic rings. The number of carbonyl (C=O) groups excluding carboxylic acids is 1. The monoisotopic (exact) mass is 466 g/mol. The van der Waals surface area contributed by atoms with Crippen molar-refractivity contribution in [3.8, 4) is 5.82 Å². The van der Waals surface area contributed by atoms with Gasteiger partial charge in [-0.2, -0.15) is 23.4 Å². The fraction of sp³-hybridized carbons (Fsp3) is 0.222. The highest BCUT2D eigenvalue weighted by atomic mass is 79.9. The van der Waals surface area contributed by atoms with Crippen LogP contribution in [0.3, 0.4) is 0 Å². The number of carbonyl (C=O) groups is 1. The number of hydrogen-bond donors (Lipinski definition) is 1. The zero-order valence-corrected chi connectivity index (χ0v) is 16.4. The van der Waals surface area contributed by atoms with Gasteiger partial charge in [0.15, 0.2) is 5.82 Å². The predicted octanol–water partition coefficient (Wildman–Crippen LogP) is 4.43. The van der Waals surface area contributed by atoms with Gasteiger partial charge < -0.3 is 5.32 Å². The molecular weight excluding hydrogens is 453 g/mol. The van der Waals surface area contributed by atoms with Crippen LogP contribution >= 0.6 is 15.9 Å². The molecule has 11 heteroatoms. The van der Waals surface area contributed by atoms with Gasteiger partial charge >= 0.3 is 12.2 Å². The van der Waals surface area contributed by atoms with Gasteiger partial charge in [-0.25, -0.2) is 9.78 Å². The highest BCUT2D eigenvalue weighted by Crippen LogP contribution is 2.35. The highest BCUT2D eigenvalue weighted by Gasteiger charge is 2.36.